The van der Waals surface area contributed by atoms with Crippen LogP contribution in [0.3, 0.4) is 0 Å². The van der Waals surface area contributed by atoms with Crippen molar-refractivity contribution >= 4 is 10.0 Å². The maximum Gasteiger partial charge on any atom is 0.243 e. The van der Waals surface area contributed by atoms with Crippen molar-refractivity contribution in [1.82, 2.24) is 4.31 Å². The van der Waals surface area contributed by atoms with Gasteiger partial charge in [0.1, 0.15) is 0 Å². The Bertz CT molecular complexity index is 545. The molecule has 1 fully saturated rings. The third-order valence-corrected chi connectivity index (χ3v) is 5.56. The standard InChI is InChI=1S/C15H23NO3S/c1-3-5-13-6-8-14(9-7-13)20(18,19)16-11-15(17,12-16)10-4-2/h6-9,17H,3-5,10-12H2,1-2H3. The van der Waals surface area contributed by atoms with E-state index < -0.39 is 15.6 Å². The van der Waals surface area contributed by atoms with Crippen LogP contribution in [0.15, 0.2) is 29.2 Å². The molecule has 20 heavy (non-hydrogen) atoms. The summed E-state index contributed by atoms with van der Waals surface area (Å²) in [5.41, 5.74) is 0.321. The molecule has 1 aromatic rings. The van der Waals surface area contributed by atoms with Gasteiger partial charge in [-0.15, -0.1) is 0 Å². The zero-order chi connectivity index (χ0) is 14.8. The Morgan fingerprint density at radius 2 is 1.75 bits per heavy atom. The van der Waals surface area contributed by atoms with E-state index in [0.29, 0.717) is 11.3 Å². The quantitative estimate of drug-likeness (QED) is 0.875. The van der Waals surface area contributed by atoms with Crippen molar-refractivity contribution in [1.29, 1.82) is 0 Å². The van der Waals surface area contributed by atoms with Gasteiger partial charge in [0, 0.05) is 13.1 Å². The molecule has 1 aliphatic heterocycles. The summed E-state index contributed by atoms with van der Waals surface area (Å²) >= 11 is 0. The SMILES string of the molecule is CCCc1ccc(S(=O)(=O)N2CC(O)(CCC)C2)cc1. The fourth-order valence-corrected chi connectivity index (χ4v) is 4.27. The Balaban J connectivity index is 2.08. The molecule has 1 aliphatic rings. The monoisotopic (exact) mass is 297 g/mol. The number of β-amino-alcohol motifs (C(OH)–C–C–N with tert-alkyl or cyclic N) is 1. The van der Waals surface area contributed by atoms with Crippen molar-refractivity contribution in [3.8, 4) is 0 Å². The second-order valence-corrected chi connectivity index (χ2v) is 7.58. The molecule has 1 saturated heterocycles. The number of nitrogens with zero attached hydrogens (tertiary/aromatic N) is 1. The van der Waals surface area contributed by atoms with Crippen LogP contribution in [-0.4, -0.2) is 36.5 Å². The molecule has 0 atom stereocenters. The van der Waals surface area contributed by atoms with E-state index in [4.69, 9.17) is 0 Å². The highest BCUT2D eigenvalue weighted by molar-refractivity contribution is 7.89. The van der Waals surface area contributed by atoms with Gasteiger partial charge in [0.05, 0.1) is 10.5 Å². The van der Waals surface area contributed by atoms with Crippen LogP contribution in [0.2, 0.25) is 0 Å². The van der Waals surface area contributed by atoms with Crippen LogP contribution in [0.4, 0.5) is 0 Å². The van der Waals surface area contributed by atoms with Crippen molar-refractivity contribution in [3.63, 3.8) is 0 Å². The fourth-order valence-electron chi connectivity index (χ4n) is 2.67. The molecule has 0 bridgehead atoms. The molecule has 0 unspecified atom stereocenters. The van der Waals surface area contributed by atoms with Crippen molar-refractivity contribution in [2.75, 3.05) is 13.1 Å². The Kier molecular flexibility index (Phi) is 4.52. The van der Waals surface area contributed by atoms with Gasteiger partial charge in [-0.3, -0.25) is 0 Å². The van der Waals surface area contributed by atoms with Gasteiger partial charge in [-0.05, 0) is 30.5 Å². The summed E-state index contributed by atoms with van der Waals surface area (Å²) in [4.78, 5) is 0.316. The van der Waals surface area contributed by atoms with Gasteiger partial charge in [0.25, 0.3) is 0 Å². The summed E-state index contributed by atoms with van der Waals surface area (Å²) in [6.07, 6.45) is 3.51. The zero-order valence-electron chi connectivity index (χ0n) is 12.2. The van der Waals surface area contributed by atoms with Gasteiger partial charge >= 0.3 is 0 Å². The van der Waals surface area contributed by atoms with E-state index in [1.54, 1.807) is 12.1 Å². The van der Waals surface area contributed by atoms with Crippen molar-refractivity contribution in [2.45, 2.75) is 50.0 Å². The van der Waals surface area contributed by atoms with Crippen LogP contribution in [-0.2, 0) is 16.4 Å². The van der Waals surface area contributed by atoms with Gasteiger partial charge in [-0.2, -0.15) is 4.31 Å². The molecule has 4 nitrogen and oxygen atoms in total. The Hall–Kier alpha value is -0.910. The first kappa shape index (κ1) is 15.5. The molecule has 2 rings (SSSR count). The topological polar surface area (TPSA) is 57.6 Å². The van der Waals surface area contributed by atoms with E-state index >= 15 is 0 Å². The smallest absolute Gasteiger partial charge is 0.243 e. The summed E-state index contributed by atoms with van der Waals surface area (Å²) in [5, 5.41) is 10.1. The largest absolute Gasteiger partial charge is 0.387 e. The van der Waals surface area contributed by atoms with E-state index in [-0.39, 0.29) is 13.1 Å². The molecule has 0 spiro atoms. The Morgan fingerprint density at radius 3 is 2.25 bits per heavy atom. The van der Waals surface area contributed by atoms with E-state index in [1.807, 2.05) is 19.1 Å². The predicted molar refractivity (Wildman–Crippen MR) is 79.1 cm³/mol. The van der Waals surface area contributed by atoms with E-state index in [0.717, 1.165) is 24.8 Å². The molecule has 1 N–H and O–H groups in total. The normalized spacial score (nSPS) is 18.8. The minimum Gasteiger partial charge on any atom is -0.387 e. The van der Waals surface area contributed by atoms with Crippen LogP contribution >= 0.6 is 0 Å². The summed E-state index contributed by atoms with van der Waals surface area (Å²) in [5.74, 6) is 0. The predicted octanol–water partition coefficient (Wildman–Crippen LogP) is 2.17. The maximum absolute atomic E-state index is 12.4. The summed E-state index contributed by atoms with van der Waals surface area (Å²) in [6, 6.07) is 7.07. The first-order chi connectivity index (χ1) is 9.41. The molecular formula is C15H23NO3S. The lowest BCUT2D eigenvalue weighted by atomic mass is 9.92. The first-order valence-corrected chi connectivity index (χ1v) is 8.67. The lowest BCUT2D eigenvalue weighted by molar-refractivity contribution is -0.0653. The number of rotatable bonds is 6. The molecule has 0 aliphatic carbocycles. The third-order valence-electron chi connectivity index (χ3n) is 3.76. The van der Waals surface area contributed by atoms with Gasteiger partial charge in [-0.25, -0.2) is 8.42 Å². The van der Waals surface area contributed by atoms with Gasteiger partial charge in [0.2, 0.25) is 10.0 Å². The van der Waals surface area contributed by atoms with E-state index in [9.17, 15) is 13.5 Å². The zero-order valence-corrected chi connectivity index (χ0v) is 13.0. The summed E-state index contributed by atoms with van der Waals surface area (Å²) < 4.78 is 26.1. The van der Waals surface area contributed by atoms with Crippen LogP contribution < -0.4 is 0 Å². The second-order valence-electron chi connectivity index (χ2n) is 5.64. The first-order valence-electron chi connectivity index (χ1n) is 7.23. The number of hydrogen-bond acceptors (Lipinski definition) is 3. The number of benzene rings is 1. The Morgan fingerprint density at radius 1 is 1.15 bits per heavy atom. The lowest BCUT2D eigenvalue weighted by Crippen LogP contribution is -2.63. The molecule has 5 heteroatoms. The number of sulfonamides is 1. The fraction of sp³-hybridized carbons (Fsp3) is 0.600. The minimum atomic E-state index is -3.45. The van der Waals surface area contributed by atoms with Gasteiger partial charge in [0.15, 0.2) is 0 Å². The number of aliphatic hydroxyl groups is 1. The second kappa shape index (κ2) is 5.84. The highest BCUT2D eigenvalue weighted by atomic mass is 32.2. The Labute approximate surface area is 121 Å². The molecule has 1 heterocycles. The third kappa shape index (κ3) is 3.05. The van der Waals surface area contributed by atoms with Gasteiger partial charge < -0.3 is 5.11 Å². The van der Waals surface area contributed by atoms with Gasteiger partial charge in [-0.1, -0.05) is 38.8 Å². The number of aryl methyl sites for hydroxylation is 1. The number of hydrogen-bond donors (Lipinski definition) is 1. The average molecular weight is 297 g/mol. The highest BCUT2D eigenvalue weighted by Gasteiger charge is 2.46. The van der Waals surface area contributed by atoms with E-state index in [2.05, 4.69) is 6.92 Å². The maximum atomic E-state index is 12.4. The van der Waals surface area contributed by atoms with Crippen LogP contribution in [0.1, 0.15) is 38.7 Å². The van der Waals surface area contributed by atoms with Crippen LogP contribution in [0.5, 0.6) is 0 Å². The molecule has 0 radical (unpaired) electrons. The van der Waals surface area contributed by atoms with Crippen molar-refractivity contribution in [3.05, 3.63) is 29.8 Å². The van der Waals surface area contributed by atoms with Crippen LogP contribution in [0.25, 0.3) is 0 Å². The molecule has 0 saturated carbocycles. The molecule has 0 aromatic heterocycles. The average Bonchev–Trinajstić information content (AvgIpc) is 2.37. The molecule has 0 amide bonds. The minimum absolute atomic E-state index is 0.208. The highest BCUT2D eigenvalue weighted by Crippen LogP contribution is 2.31. The lowest BCUT2D eigenvalue weighted by Gasteiger charge is -2.45. The summed E-state index contributed by atoms with van der Waals surface area (Å²) in [6.45, 7) is 4.50. The van der Waals surface area contributed by atoms with Crippen molar-refractivity contribution < 1.29 is 13.5 Å². The molecular weight excluding hydrogens is 274 g/mol. The molecule has 1 aromatic carbocycles. The summed E-state index contributed by atoms with van der Waals surface area (Å²) in [7, 11) is -3.45. The van der Waals surface area contributed by atoms with E-state index in [1.165, 1.54) is 4.31 Å². The van der Waals surface area contributed by atoms with Crippen LogP contribution in [0, 0.1) is 0 Å². The van der Waals surface area contributed by atoms with Crippen molar-refractivity contribution in [2.24, 2.45) is 0 Å². The molecule has 112 valence electrons.